The first-order valence-electron chi connectivity index (χ1n) is 6.21. The fourth-order valence-electron chi connectivity index (χ4n) is 1.46. The van der Waals surface area contributed by atoms with Crippen molar-refractivity contribution in [3.8, 4) is 0 Å². The van der Waals surface area contributed by atoms with Gasteiger partial charge >= 0.3 is 0 Å². The molecule has 4 N–H and O–H groups in total. The van der Waals surface area contributed by atoms with Gasteiger partial charge in [0, 0.05) is 12.1 Å². The van der Waals surface area contributed by atoms with Gasteiger partial charge < -0.3 is 5.73 Å². The number of amidine groups is 1. The molecule has 0 unspecified atom stereocenters. The highest BCUT2D eigenvalue weighted by atomic mass is 32.2. The largest absolute Gasteiger partial charge is 0.384 e. The first-order valence-corrected chi connectivity index (χ1v) is 7.86. The van der Waals surface area contributed by atoms with Gasteiger partial charge in [-0.3, -0.25) is 5.41 Å². The van der Waals surface area contributed by atoms with Crippen LogP contribution in [0, 0.1) is 11.3 Å². The van der Waals surface area contributed by atoms with Gasteiger partial charge in [-0.05, 0) is 17.9 Å². The number of nitrogen functional groups attached to an aromatic ring is 1. The Kier molecular flexibility index (Phi) is 5.50. The molecule has 0 amide bonds. The number of nitrogens with two attached hydrogens (primary N) is 1. The third-order valence-corrected chi connectivity index (χ3v) is 4.08. The van der Waals surface area contributed by atoms with E-state index in [-0.39, 0.29) is 18.1 Å². The predicted octanol–water partition coefficient (Wildman–Crippen LogP) is 1.44. The van der Waals surface area contributed by atoms with E-state index in [0.29, 0.717) is 17.9 Å². The van der Waals surface area contributed by atoms with E-state index in [2.05, 4.69) is 4.72 Å². The molecule has 19 heavy (non-hydrogen) atoms. The second-order valence-corrected chi connectivity index (χ2v) is 6.86. The second kappa shape index (κ2) is 6.68. The van der Waals surface area contributed by atoms with E-state index in [0.717, 1.165) is 5.56 Å². The monoisotopic (exact) mass is 283 g/mol. The Hall–Kier alpha value is -1.40. The van der Waals surface area contributed by atoms with Crippen LogP contribution >= 0.6 is 0 Å². The van der Waals surface area contributed by atoms with Crippen molar-refractivity contribution in [1.82, 2.24) is 4.72 Å². The number of rotatable bonds is 7. The van der Waals surface area contributed by atoms with Gasteiger partial charge in [0.1, 0.15) is 5.84 Å². The number of nitrogens with one attached hydrogen (secondary N) is 2. The van der Waals surface area contributed by atoms with Gasteiger partial charge in [0.2, 0.25) is 10.0 Å². The van der Waals surface area contributed by atoms with Crippen LogP contribution in [0.25, 0.3) is 0 Å². The summed E-state index contributed by atoms with van der Waals surface area (Å²) in [7, 11) is -3.22. The quantitative estimate of drug-likeness (QED) is 0.522. The molecule has 1 rings (SSSR count). The lowest BCUT2D eigenvalue weighted by atomic mass is 10.1. The maximum atomic E-state index is 11.7. The smallest absolute Gasteiger partial charge is 0.211 e. The summed E-state index contributed by atoms with van der Waals surface area (Å²) in [6.07, 6.45) is 0.651. The van der Waals surface area contributed by atoms with E-state index < -0.39 is 10.0 Å². The van der Waals surface area contributed by atoms with Gasteiger partial charge in [0.05, 0.1) is 5.75 Å². The SMILES string of the molecule is CC(C)CCS(=O)(=O)NCc1ccc(C(=N)N)cc1. The Bertz CT molecular complexity index is 521. The fraction of sp³-hybridized carbons (Fsp3) is 0.462. The maximum absolute atomic E-state index is 11.7. The zero-order valence-electron chi connectivity index (χ0n) is 11.3. The van der Waals surface area contributed by atoms with Crippen molar-refractivity contribution in [3.05, 3.63) is 35.4 Å². The lowest BCUT2D eigenvalue weighted by Crippen LogP contribution is -2.26. The zero-order chi connectivity index (χ0) is 14.5. The summed E-state index contributed by atoms with van der Waals surface area (Å²) in [4.78, 5) is 0. The van der Waals surface area contributed by atoms with Gasteiger partial charge in [-0.15, -0.1) is 0 Å². The van der Waals surface area contributed by atoms with Crippen LogP contribution in [0.5, 0.6) is 0 Å². The summed E-state index contributed by atoms with van der Waals surface area (Å²) in [5.41, 5.74) is 6.82. The Morgan fingerprint density at radius 2 is 1.89 bits per heavy atom. The van der Waals surface area contributed by atoms with Crippen molar-refractivity contribution in [2.75, 3.05) is 5.75 Å². The number of sulfonamides is 1. The summed E-state index contributed by atoms with van der Waals surface area (Å²) >= 11 is 0. The molecule has 0 aromatic heterocycles. The van der Waals surface area contributed by atoms with Crippen LogP contribution in [-0.2, 0) is 16.6 Å². The molecule has 0 fully saturated rings. The molecular weight excluding hydrogens is 262 g/mol. The molecule has 0 heterocycles. The number of benzene rings is 1. The van der Waals surface area contributed by atoms with E-state index >= 15 is 0 Å². The lowest BCUT2D eigenvalue weighted by molar-refractivity contribution is 0.561. The highest BCUT2D eigenvalue weighted by Crippen LogP contribution is 2.06. The molecule has 0 aliphatic rings. The van der Waals surface area contributed by atoms with Crippen molar-refractivity contribution >= 4 is 15.9 Å². The van der Waals surface area contributed by atoms with Crippen LogP contribution in [0.1, 0.15) is 31.4 Å². The van der Waals surface area contributed by atoms with E-state index in [1.165, 1.54) is 0 Å². The average Bonchev–Trinajstić information content (AvgIpc) is 2.35. The molecule has 0 atom stereocenters. The molecule has 5 nitrogen and oxygen atoms in total. The molecule has 0 saturated heterocycles. The molecule has 0 spiro atoms. The van der Waals surface area contributed by atoms with Gasteiger partial charge in [-0.1, -0.05) is 38.1 Å². The molecular formula is C13H21N3O2S. The summed E-state index contributed by atoms with van der Waals surface area (Å²) < 4.78 is 26.0. The highest BCUT2D eigenvalue weighted by molar-refractivity contribution is 7.89. The van der Waals surface area contributed by atoms with Crippen LogP contribution < -0.4 is 10.5 Å². The van der Waals surface area contributed by atoms with Crippen LogP contribution in [0.4, 0.5) is 0 Å². The van der Waals surface area contributed by atoms with Crippen molar-refractivity contribution in [2.45, 2.75) is 26.8 Å². The van der Waals surface area contributed by atoms with Crippen LogP contribution in [0.15, 0.2) is 24.3 Å². The van der Waals surface area contributed by atoms with E-state index in [9.17, 15) is 8.42 Å². The summed E-state index contributed by atoms with van der Waals surface area (Å²) in [5.74, 6) is 0.520. The topological polar surface area (TPSA) is 96.0 Å². The molecule has 1 aromatic carbocycles. The number of hydrogen-bond acceptors (Lipinski definition) is 3. The molecule has 0 aliphatic heterocycles. The predicted molar refractivity (Wildman–Crippen MR) is 77.5 cm³/mol. The van der Waals surface area contributed by atoms with E-state index in [1.807, 2.05) is 13.8 Å². The normalized spacial score (nSPS) is 11.7. The van der Waals surface area contributed by atoms with Gasteiger partial charge in [-0.2, -0.15) is 0 Å². The van der Waals surface area contributed by atoms with Crippen molar-refractivity contribution < 1.29 is 8.42 Å². The molecule has 6 heteroatoms. The Labute approximate surface area is 114 Å². The summed E-state index contributed by atoms with van der Waals surface area (Å²) in [6.45, 7) is 4.25. The van der Waals surface area contributed by atoms with Crippen LogP contribution in [0.2, 0.25) is 0 Å². The minimum atomic E-state index is -3.22. The first-order chi connectivity index (χ1) is 8.80. The minimum absolute atomic E-state index is 0.00376. The van der Waals surface area contributed by atoms with Crippen LogP contribution in [-0.4, -0.2) is 20.0 Å². The number of hydrogen-bond donors (Lipinski definition) is 3. The molecule has 1 aromatic rings. The van der Waals surface area contributed by atoms with E-state index in [1.54, 1.807) is 24.3 Å². The highest BCUT2D eigenvalue weighted by Gasteiger charge is 2.10. The first kappa shape index (κ1) is 15.7. The molecule has 0 bridgehead atoms. The molecule has 0 saturated carbocycles. The summed E-state index contributed by atoms with van der Waals surface area (Å²) in [6, 6.07) is 6.95. The van der Waals surface area contributed by atoms with Gasteiger partial charge in [-0.25, -0.2) is 13.1 Å². The Morgan fingerprint density at radius 1 is 1.32 bits per heavy atom. The zero-order valence-corrected chi connectivity index (χ0v) is 12.1. The van der Waals surface area contributed by atoms with Crippen molar-refractivity contribution in [1.29, 1.82) is 5.41 Å². The fourth-order valence-corrected chi connectivity index (χ4v) is 2.77. The summed E-state index contributed by atoms with van der Waals surface area (Å²) in [5, 5.41) is 7.27. The second-order valence-electron chi connectivity index (χ2n) is 4.93. The third-order valence-electron chi connectivity index (χ3n) is 2.73. The third kappa shape index (κ3) is 5.85. The maximum Gasteiger partial charge on any atom is 0.211 e. The molecule has 0 radical (unpaired) electrons. The van der Waals surface area contributed by atoms with Gasteiger partial charge in [0.25, 0.3) is 0 Å². The lowest BCUT2D eigenvalue weighted by Gasteiger charge is -2.08. The van der Waals surface area contributed by atoms with Gasteiger partial charge in [0.15, 0.2) is 0 Å². The van der Waals surface area contributed by atoms with Crippen molar-refractivity contribution in [2.24, 2.45) is 11.7 Å². The Morgan fingerprint density at radius 3 is 2.37 bits per heavy atom. The molecule has 106 valence electrons. The average molecular weight is 283 g/mol. The molecule has 0 aliphatic carbocycles. The van der Waals surface area contributed by atoms with E-state index in [4.69, 9.17) is 11.1 Å². The van der Waals surface area contributed by atoms with Crippen LogP contribution in [0.3, 0.4) is 0 Å². The minimum Gasteiger partial charge on any atom is -0.384 e. The van der Waals surface area contributed by atoms with Crippen molar-refractivity contribution in [3.63, 3.8) is 0 Å². The standard InChI is InChI=1S/C13H21N3O2S/c1-10(2)7-8-19(17,18)16-9-11-3-5-12(6-4-11)13(14)15/h3-6,10,16H,7-9H2,1-2H3,(H3,14,15). The Balaban J connectivity index is 2.54.